The van der Waals surface area contributed by atoms with E-state index in [9.17, 15) is 84.3 Å². The highest BCUT2D eigenvalue weighted by molar-refractivity contribution is 5.82. The number of hydrogen-bond donors (Lipinski definition) is 14. The normalized spacial score (nSPS) is 25.5. The van der Waals surface area contributed by atoms with Crippen LogP contribution >= 0.6 is 0 Å². The number of methoxy groups -OCH3 is 1. The minimum atomic E-state index is -1.47. The van der Waals surface area contributed by atoms with Crippen LogP contribution in [0.15, 0.2) is 0 Å². The molecule has 0 radical (unpaired) electrons. The average molecular weight is 1490 g/mol. The number of rotatable bonds is 61. The molecular weight excluding hydrogens is 1370 g/mol. The first-order chi connectivity index (χ1) is 49.5. The number of aliphatic hydroxyl groups is 9. The molecule has 0 aromatic heterocycles. The van der Waals surface area contributed by atoms with Gasteiger partial charge >= 0.3 is 0 Å². The van der Waals surface area contributed by atoms with Gasteiger partial charge in [-0.15, -0.1) is 0 Å². The fraction of sp³-hybridized carbons (Fsp3) is 0.882. The molecule has 3 rings (SSSR count). The van der Waals surface area contributed by atoms with Crippen LogP contribution in [0.2, 0.25) is 0 Å². The van der Waals surface area contributed by atoms with Crippen molar-refractivity contribution in [3.8, 4) is 0 Å². The summed E-state index contributed by atoms with van der Waals surface area (Å²) in [6, 6.07) is -3.32. The number of nitrogens with one attached hydrogen (secondary N) is 5. The van der Waals surface area contributed by atoms with Gasteiger partial charge in [-0.3, -0.25) is 38.4 Å². The fourth-order valence-corrected chi connectivity index (χ4v) is 11.7. The van der Waals surface area contributed by atoms with E-state index in [1.54, 1.807) is 7.11 Å². The number of ether oxygens (including phenoxy) is 13. The molecule has 3 aliphatic heterocycles. The van der Waals surface area contributed by atoms with E-state index in [1.165, 1.54) is 20.8 Å². The van der Waals surface area contributed by atoms with Crippen LogP contribution in [0, 0.1) is 0 Å². The Hall–Kier alpha value is -4.52. The van der Waals surface area contributed by atoms with E-state index < -0.39 is 147 Å². The quantitative estimate of drug-likeness (QED) is 0.0272. The van der Waals surface area contributed by atoms with Crippen LogP contribution in [0.5, 0.6) is 0 Å². The van der Waals surface area contributed by atoms with E-state index in [2.05, 4.69) is 26.6 Å². The molecule has 3 saturated heterocycles. The van der Waals surface area contributed by atoms with Gasteiger partial charge in [0.2, 0.25) is 29.5 Å². The summed E-state index contributed by atoms with van der Waals surface area (Å²) >= 11 is 0. The summed E-state index contributed by atoms with van der Waals surface area (Å²) in [4.78, 5) is 103. The van der Waals surface area contributed by atoms with E-state index >= 15 is 0 Å². The summed E-state index contributed by atoms with van der Waals surface area (Å²) < 4.78 is 72.6. The second kappa shape index (κ2) is 55.0. The highest BCUT2D eigenvalue weighted by Crippen LogP contribution is 2.29. The maximum Gasteiger partial charge on any atom is 0.220 e. The zero-order valence-electron chi connectivity index (χ0n) is 60.5. The number of ketones is 3. The average Bonchev–Trinajstić information content (AvgIpc) is 0.821. The van der Waals surface area contributed by atoms with Crippen LogP contribution in [0.1, 0.15) is 149 Å². The molecule has 15 unspecified atom stereocenters. The molecule has 35 nitrogen and oxygen atoms in total. The van der Waals surface area contributed by atoms with Gasteiger partial charge in [-0.1, -0.05) is 25.7 Å². The Labute approximate surface area is 603 Å². The topological polar surface area (TPSA) is 499 Å². The molecule has 3 aliphatic rings. The predicted molar refractivity (Wildman–Crippen MR) is 362 cm³/mol. The number of aliphatic hydroxyl groups excluding tert-OH is 9. The zero-order chi connectivity index (χ0) is 75.8. The summed E-state index contributed by atoms with van der Waals surface area (Å²) in [5.74, 6) is -2.56. The van der Waals surface area contributed by atoms with Crippen molar-refractivity contribution in [1.82, 2.24) is 26.6 Å². The van der Waals surface area contributed by atoms with Crippen LogP contribution in [-0.4, -0.2) is 329 Å². The van der Waals surface area contributed by atoms with Gasteiger partial charge in [0.25, 0.3) is 0 Å². The SMILES string of the molecule is COCCCCCCCCC(=O)CCCC(=O)NC(CCC(=O)CCCOCCOCCOC1OC(CO)C(O)C(O)C1NC(C)=O)(CCC(=O)CCCOCCOCCOC1OC(CO)C(O)C(O)C1NC(C)=O)CCC(=O)NCCOCCOCCOC1OC(CO)C(O)C(O)C1NC(C)=O. The smallest absolute Gasteiger partial charge is 0.220 e. The molecule has 5 amide bonds. The van der Waals surface area contributed by atoms with E-state index in [1.807, 2.05) is 0 Å². The molecule has 3 heterocycles. The lowest BCUT2D eigenvalue weighted by molar-refractivity contribution is -0.272. The highest BCUT2D eigenvalue weighted by Gasteiger charge is 2.48. The minimum Gasteiger partial charge on any atom is -0.394 e. The molecule has 0 aromatic rings. The van der Waals surface area contributed by atoms with Gasteiger partial charge in [-0.2, -0.15) is 0 Å². The number of carbonyl (C=O) groups is 8. The van der Waals surface area contributed by atoms with Crippen molar-refractivity contribution in [3.63, 3.8) is 0 Å². The van der Waals surface area contributed by atoms with Crippen molar-refractivity contribution in [1.29, 1.82) is 0 Å². The van der Waals surface area contributed by atoms with Crippen LogP contribution in [0.4, 0.5) is 0 Å². The number of Topliss-reactive ketones (excluding diaryl/α,β-unsaturated/α-hetero) is 3. The lowest BCUT2D eigenvalue weighted by Gasteiger charge is -2.42. The second-order valence-corrected chi connectivity index (χ2v) is 25.8. The summed E-state index contributed by atoms with van der Waals surface area (Å²) in [7, 11) is 1.67. The molecule has 103 heavy (non-hydrogen) atoms. The van der Waals surface area contributed by atoms with Gasteiger partial charge < -0.3 is 134 Å². The number of unbranched alkanes of at least 4 members (excludes halogenated alkanes) is 5. The third-order valence-electron chi connectivity index (χ3n) is 17.4. The first-order valence-electron chi connectivity index (χ1n) is 36.1. The Morgan fingerprint density at radius 1 is 0.350 bits per heavy atom. The molecule has 598 valence electrons. The third kappa shape index (κ3) is 38.7. The molecule has 15 atom stereocenters. The molecule has 14 N–H and O–H groups in total. The third-order valence-corrected chi connectivity index (χ3v) is 17.4. The Kier molecular flexibility index (Phi) is 49.5. The van der Waals surface area contributed by atoms with Crippen molar-refractivity contribution in [2.75, 3.05) is 139 Å². The molecule has 35 heteroatoms. The maximum absolute atomic E-state index is 14.0. The lowest BCUT2D eigenvalue weighted by Crippen LogP contribution is -2.64. The van der Waals surface area contributed by atoms with Gasteiger partial charge in [-0.25, -0.2) is 0 Å². The zero-order valence-corrected chi connectivity index (χ0v) is 60.5. The number of amides is 5. The summed E-state index contributed by atoms with van der Waals surface area (Å²) in [6.45, 7) is 4.08. The number of carbonyl (C=O) groups excluding carboxylic acids is 8. The van der Waals surface area contributed by atoms with E-state index in [-0.39, 0.29) is 194 Å². The first kappa shape index (κ1) is 92.7. The van der Waals surface area contributed by atoms with Crippen molar-refractivity contribution < 1.29 is 146 Å². The van der Waals surface area contributed by atoms with Crippen LogP contribution in [0.3, 0.4) is 0 Å². The molecule has 3 fully saturated rings. The predicted octanol–water partition coefficient (Wildman–Crippen LogP) is -2.91. The minimum absolute atomic E-state index is 0.0199. The van der Waals surface area contributed by atoms with Crippen LogP contribution in [0.25, 0.3) is 0 Å². The molecule has 0 aliphatic carbocycles. The molecule has 0 saturated carbocycles. The Morgan fingerprint density at radius 3 is 1.07 bits per heavy atom. The van der Waals surface area contributed by atoms with Crippen LogP contribution < -0.4 is 26.6 Å². The van der Waals surface area contributed by atoms with E-state index in [0.29, 0.717) is 25.9 Å². The molecule has 0 bridgehead atoms. The van der Waals surface area contributed by atoms with Crippen molar-refractivity contribution in [3.05, 3.63) is 0 Å². The van der Waals surface area contributed by atoms with E-state index in [0.717, 1.165) is 38.5 Å². The standard InChI is InChI=1S/C68H121N5O30/c1-45(77)70-56-62(88)59(85)51(42-74)101-65(56)98-39-36-95-33-30-92-27-12-16-49(81)19-22-68(73-55(84)18-11-15-48(80)14-9-7-5-6-8-10-26-91-4,23-20-50(82)17-13-28-93-31-34-96-37-40-99-66-57(71-46(2)78)63(89)60(86)52(43-75)102-66)24-21-54(83)69-25-29-94-32-35-97-38-41-100-67-58(72-47(3)79)64(90)61(87)53(44-76)103-67/h51-53,56-67,74-76,85-90H,5-44H2,1-4H3,(H,69,83)(H,70,77)(H,71,78)(H,72,79)(H,73,84). The summed E-state index contributed by atoms with van der Waals surface area (Å²) in [5, 5.41) is 104. The maximum atomic E-state index is 14.0. The van der Waals surface area contributed by atoms with Gasteiger partial charge in [0.05, 0.1) is 106 Å². The Morgan fingerprint density at radius 2 is 0.680 bits per heavy atom. The largest absolute Gasteiger partial charge is 0.394 e. The molecule has 0 aromatic carbocycles. The number of hydrogen-bond acceptors (Lipinski definition) is 30. The van der Waals surface area contributed by atoms with Crippen molar-refractivity contribution in [2.45, 2.75) is 247 Å². The lowest BCUT2D eigenvalue weighted by atomic mass is 9.81. The van der Waals surface area contributed by atoms with Gasteiger partial charge in [-0.05, 0) is 51.4 Å². The van der Waals surface area contributed by atoms with Crippen molar-refractivity contribution in [2.24, 2.45) is 0 Å². The highest BCUT2D eigenvalue weighted by atomic mass is 16.7. The van der Waals surface area contributed by atoms with Crippen LogP contribution in [-0.2, 0) is 99.9 Å². The monoisotopic (exact) mass is 1490 g/mol. The summed E-state index contributed by atoms with van der Waals surface area (Å²) in [6.07, 6.45) is -8.27. The van der Waals surface area contributed by atoms with Gasteiger partial charge in [0.1, 0.15) is 90.4 Å². The first-order valence-corrected chi connectivity index (χ1v) is 36.1. The second-order valence-electron chi connectivity index (χ2n) is 25.8. The van der Waals surface area contributed by atoms with Gasteiger partial charge in [0.15, 0.2) is 18.9 Å². The molecular formula is C68H121N5O30. The van der Waals surface area contributed by atoms with E-state index in [4.69, 9.17) is 61.6 Å². The van der Waals surface area contributed by atoms with Gasteiger partial charge in [0, 0.05) is 111 Å². The fourth-order valence-electron chi connectivity index (χ4n) is 11.7. The Bertz CT molecular complexity index is 2170. The van der Waals surface area contributed by atoms with Crippen molar-refractivity contribution >= 4 is 46.9 Å². The summed E-state index contributed by atoms with van der Waals surface area (Å²) in [5.41, 5.74) is -1.22. The Balaban J connectivity index is 1.60. The molecule has 0 spiro atoms.